The van der Waals surface area contributed by atoms with Crippen molar-refractivity contribution < 1.29 is 21.7 Å². The normalized spacial score (nSPS) is 11.2. The van der Waals surface area contributed by atoms with Crippen molar-refractivity contribution >= 4 is 31.9 Å². The van der Waals surface area contributed by atoms with Crippen molar-refractivity contribution in [3.63, 3.8) is 0 Å². The fourth-order valence-corrected chi connectivity index (χ4v) is 3.00. The number of pyridine rings is 1. The van der Waals surface area contributed by atoms with Crippen LogP contribution in [0.3, 0.4) is 0 Å². The molecule has 4 aromatic rings. The molecule has 0 amide bonds. The average Bonchev–Trinajstić information content (AvgIpc) is 2.68. The Kier molecular flexibility index (Phi) is 5.51. The van der Waals surface area contributed by atoms with Crippen LogP contribution in [0.2, 0.25) is 0 Å². The summed E-state index contributed by atoms with van der Waals surface area (Å²) in [7, 11) is -1.54. The van der Waals surface area contributed by atoms with E-state index in [4.69, 9.17) is 0 Å². The van der Waals surface area contributed by atoms with Gasteiger partial charge >= 0.3 is 0 Å². The highest BCUT2D eigenvalue weighted by Crippen LogP contribution is 2.33. The summed E-state index contributed by atoms with van der Waals surface area (Å²) in [6, 6.07) is 23.8. The summed E-state index contributed by atoms with van der Waals surface area (Å²) in [6.45, 7) is 0. The number of benzene rings is 3. The molecular formula is C21H19NO4S. The summed E-state index contributed by atoms with van der Waals surface area (Å²) in [6.07, 6.45) is 4.30. The molecule has 138 valence electrons. The van der Waals surface area contributed by atoms with Gasteiger partial charge in [0, 0.05) is 6.07 Å². The van der Waals surface area contributed by atoms with E-state index < -0.39 is 10.4 Å². The van der Waals surface area contributed by atoms with Crippen LogP contribution in [0.15, 0.2) is 79.1 Å². The monoisotopic (exact) mass is 381 g/mol. The molecule has 0 atom stereocenters. The van der Waals surface area contributed by atoms with Crippen LogP contribution in [0.1, 0.15) is 0 Å². The molecule has 6 heteroatoms. The molecule has 0 aliphatic heterocycles. The molecule has 0 saturated heterocycles. The van der Waals surface area contributed by atoms with Gasteiger partial charge in [-0.15, -0.1) is 0 Å². The first-order valence-electron chi connectivity index (χ1n) is 8.26. The molecule has 0 N–H and O–H groups in total. The Balaban J connectivity index is 0.000000307. The first kappa shape index (κ1) is 19.0. The molecule has 0 fully saturated rings. The molecule has 0 bridgehead atoms. The summed E-state index contributed by atoms with van der Waals surface area (Å²) >= 11 is 0. The van der Waals surface area contributed by atoms with Gasteiger partial charge in [-0.2, -0.15) is 0 Å². The molecule has 1 heterocycles. The van der Waals surface area contributed by atoms with Crippen LogP contribution in [-0.4, -0.2) is 20.1 Å². The molecule has 0 saturated carbocycles. The van der Waals surface area contributed by atoms with Crippen molar-refractivity contribution in [1.82, 2.24) is 0 Å². The highest BCUT2D eigenvalue weighted by molar-refractivity contribution is 7.80. The van der Waals surface area contributed by atoms with Gasteiger partial charge in [-0.25, -0.2) is 13.0 Å². The van der Waals surface area contributed by atoms with Gasteiger partial charge in [-0.05, 0) is 33.4 Å². The van der Waals surface area contributed by atoms with Crippen molar-refractivity contribution in [3.8, 4) is 11.1 Å². The molecule has 5 nitrogen and oxygen atoms in total. The number of aromatic nitrogens is 1. The average molecular weight is 381 g/mol. The predicted molar refractivity (Wildman–Crippen MR) is 105 cm³/mol. The minimum atomic E-state index is -4.41. The van der Waals surface area contributed by atoms with Crippen molar-refractivity contribution in [3.05, 3.63) is 79.1 Å². The Hall–Kier alpha value is -2.80. The third kappa shape index (κ3) is 4.49. The minimum absolute atomic E-state index is 0.808. The van der Waals surface area contributed by atoms with Crippen LogP contribution < -0.4 is 4.57 Å². The van der Waals surface area contributed by atoms with Crippen LogP contribution in [0.25, 0.3) is 32.7 Å². The maximum absolute atomic E-state index is 9.22. The lowest BCUT2D eigenvalue weighted by Gasteiger charge is -2.10. The predicted octanol–water partition coefficient (Wildman–Crippen LogP) is 3.58. The van der Waals surface area contributed by atoms with Crippen LogP contribution in [0.4, 0.5) is 0 Å². The molecule has 0 spiro atoms. The zero-order chi connectivity index (χ0) is 19.4. The number of hydrogen-bond donors (Lipinski definition) is 0. The van der Waals surface area contributed by atoms with Gasteiger partial charge in [0.2, 0.25) is 10.4 Å². The van der Waals surface area contributed by atoms with Crippen LogP contribution in [-0.2, 0) is 21.6 Å². The molecule has 0 aliphatic rings. The number of hydrogen-bond acceptors (Lipinski definition) is 4. The van der Waals surface area contributed by atoms with E-state index in [2.05, 4.69) is 94.9 Å². The van der Waals surface area contributed by atoms with Crippen LogP contribution in [0.5, 0.6) is 0 Å². The summed E-state index contributed by atoms with van der Waals surface area (Å²) < 4.78 is 33.1. The quantitative estimate of drug-likeness (QED) is 0.230. The first-order chi connectivity index (χ1) is 12.9. The number of rotatable bonds is 2. The van der Waals surface area contributed by atoms with Gasteiger partial charge < -0.3 is 4.55 Å². The van der Waals surface area contributed by atoms with E-state index in [0.29, 0.717) is 0 Å². The lowest BCUT2D eigenvalue weighted by molar-refractivity contribution is -0.670. The summed E-state index contributed by atoms with van der Waals surface area (Å²) in [5.74, 6) is 0. The minimum Gasteiger partial charge on any atom is -0.726 e. The summed E-state index contributed by atoms with van der Waals surface area (Å²) in [5, 5.41) is 5.20. The first-order valence-corrected chi connectivity index (χ1v) is 9.60. The maximum atomic E-state index is 9.22. The van der Waals surface area contributed by atoms with Crippen molar-refractivity contribution in [2.75, 3.05) is 7.11 Å². The molecule has 1 aromatic heterocycles. The lowest BCUT2D eigenvalue weighted by atomic mass is 9.94. The van der Waals surface area contributed by atoms with Crippen molar-refractivity contribution in [1.29, 1.82) is 0 Å². The van der Waals surface area contributed by atoms with Gasteiger partial charge in [-0.1, -0.05) is 54.6 Å². The summed E-state index contributed by atoms with van der Waals surface area (Å²) in [4.78, 5) is 0. The van der Waals surface area contributed by atoms with E-state index in [0.717, 1.165) is 7.11 Å². The Morgan fingerprint density at radius 2 is 1.48 bits per heavy atom. The Morgan fingerprint density at radius 3 is 2.11 bits per heavy atom. The molecule has 3 aromatic carbocycles. The second-order valence-electron chi connectivity index (χ2n) is 6.02. The van der Waals surface area contributed by atoms with E-state index in [-0.39, 0.29) is 0 Å². The Bertz CT molecular complexity index is 1190. The smallest absolute Gasteiger partial charge is 0.217 e. The van der Waals surface area contributed by atoms with Crippen molar-refractivity contribution in [2.45, 2.75) is 0 Å². The van der Waals surface area contributed by atoms with Crippen LogP contribution >= 0.6 is 0 Å². The highest BCUT2D eigenvalue weighted by Gasteiger charge is 2.10. The third-order valence-corrected chi connectivity index (χ3v) is 4.64. The van der Waals surface area contributed by atoms with Gasteiger partial charge in [-0.3, -0.25) is 4.18 Å². The van der Waals surface area contributed by atoms with E-state index in [1.807, 2.05) is 0 Å². The molecular weight excluding hydrogens is 362 g/mol. The van der Waals surface area contributed by atoms with E-state index in [1.165, 1.54) is 32.7 Å². The van der Waals surface area contributed by atoms with Crippen LogP contribution in [0, 0.1) is 0 Å². The van der Waals surface area contributed by atoms with Gasteiger partial charge in [0.1, 0.15) is 7.05 Å². The largest absolute Gasteiger partial charge is 0.726 e. The Morgan fingerprint density at radius 1 is 0.889 bits per heavy atom. The lowest BCUT2D eigenvalue weighted by Crippen LogP contribution is -2.25. The standard InChI is InChI=1S/C20H16N.CH4O4S/c1-21-12-11-16-13-19(15-7-3-2-4-8-15)17-9-5-6-10-18(17)20(16)14-21;1-5-6(2,3)4/h2-14H,1H3;1H3,(H,2,3,4)/q+1;/p-1. The zero-order valence-electron chi connectivity index (χ0n) is 15.0. The van der Waals surface area contributed by atoms with Gasteiger partial charge in [0.25, 0.3) is 0 Å². The number of fused-ring (bicyclic) bond motifs is 3. The van der Waals surface area contributed by atoms with Crippen molar-refractivity contribution in [2.24, 2.45) is 7.05 Å². The fourth-order valence-electron chi connectivity index (χ4n) is 3.00. The molecule has 0 aliphatic carbocycles. The summed E-state index contributed by atoms with van der Waals surface area (Å²) in [5.41, 5.74) is 2.57. The van der Waals surface area contributed by atoms with E-state index >= 15 is 0 Å². The number of nitrogens with zero attached hydrogens (tertiary/aromatic N) is 1. The van der Waals surface area contributed by atoms with Gasteiger partial charge in [0.15, 0.2) is 12.4 Å². The second kappa shape index (κ2) is 7.84. The van der Waals surface area contributed by atoms with Gasteiger partial charge in [0.05, 0.1) is 12.5 Å². The van der Waals surface area contributed by atoms with E-state index in [1.54, 1.807) is 0 Å². The highest BCUT2D eigenvalue weighted by atomic mass is 32.3. The zero-order valence-corrected chi connectivity index (χ0v) is 15.8. The molecule has 27 heavy (non-hydrogen) atoms. The number of aryl methyl sites for hydroxylation is 1. The Labute approximate surface area is 158 Å². The third-order valence-electron chi connectivity index (χ3n) is 4.23. The maximum Gasteiger partial charge on any atom is 0.217 e. The second-order valence-corrected chi connectivity index (χ2v) is 7.17. The van der Waals surface area contributed by atoms with E-state index in [9.17, 15) is 13.0 Å². The molecule has 0 unspecified atom stereocenters. The topological polar surface area (TPSA) is 70.3 Å². The fraction of sp³-hybridized carbons (Fsp3) is 0.0952. The molecule has 4 rings (SSSR count). The SMILES string of the molecule is COS(=O)(=O)[O-].C[n+]1ccc2cc(-c3ccccc3)c3ccccc3c2c1. The molecule has 0 radical (unpaired) electrons.